The maximum Gasteiger partial charge on any atom is 0.274 e. The summed E-state index contributed by atoms with van der Waals surface area (Å²) in [4.78, 5) is 14.9. The quantitative estimate of drug-likeness (QED) is 0.911. The number of benzene rings is 1. The molecular formula is C19H22FN3O2. The van der Waals surface area contributed by atoms with E-state index in [-0.39, 0.29) is 23.9 Å². The van der Waals surface area contributed by atoms with Crippen molar-refractivity contribution in [1.29, 1.82) is 0 Å². The van der Waals surface area contributed by atoms with Gasteiger partial charge in [-0.05, 0) is 51.2 Å². The van der Waals surface area contributed by atoms with Crippen LogP contribution in [0.5, 0.6) is 0 Å². The molecule has 2 heterocycles. The van der Waals surface area contributed by atoms with Crippen molar-refractivity contribution < 1.29 is 14.3 Å². The SMILES string of the molecule is C[C@H]1C[C@@H](O)CCN1C(=O)c1nn(-c2ccccc2F)c2c1CCC2. The first-order chi connectivity index (χ1) is 12.1. The molecular weight excluding hydrogens is 321 g/mol. The minimum absolute atomic E-state index is 0.0214. The summed E-state index contributed by atoms with van der Waals surface area (Å²) in [5, 5.41) is 14.3. The number of fused-ring (bicyclic) bond motifs is 1. The Kier molecular flexibility index (Phi) is 4.07. The fraction of sp³-hybridized carbons (Fsp3) is 0.474. The van der Waals surface area contributed by atoms with Gasteiger partial charge in [0.25, 0.3) is 5.91 Å². The van der Waals surface area contributed by atoms with Gasteiger partial charge in [0, 0.05) is 23.8 Å². The Balaban J connectivity index is 1.73. The van der Waals surface area contributed by atoms with Crippen LogP contribution in [0.4, 0.5) is 4.39 Å². The summed E-state index contributed by atoms with van der Waals surface area (Å²) < 4.78 is 15.8. The molecule has 1 saturated heterocycles. The van der Waals surface area contributed by atoms with Crippen molar-refractivity contribution in [3.8, 4) is 5.69 Å². The lowest BCUT2D eigenvalue weighted by atomic mass is 10.00. The van der Waals surface area contributed by atoms with Crippen LogP contribution in [0.3, 0.4) is 0 Å². The Labute approximate surface area is 146 Å². The monoisotopic (exact) mass is 343 g/mol. The van der Waals surface area contributed by atoms with Crippen LogP contribution < -0.4 is 0 Å². The van der Waals surface area contributed by atoms with Gasteiger partial charge in [0.05, 0.1) is 6.10 Å². The van der Waals surface area contributed by atoms with Crippen LogP contribution in [0.1, 0.15) is 47.9 Å². The number of piperidine rings is 1. The minimum atomic E-state index is -0.347. The molecule has 1 aliphatic carbocycles. The van der Waals surface area contributed by atoms with Crippen molar-refractivity contribution in [1.82, 2.24) is 14.7 Å². The molecule has 4 rings (SSSR count). The fourth-order valence-electron chi connectivity index (χ4n) is 4.02. The second-order valence-electron chi connectivity index (χ2n) is 7.02. The van der Waals surface area contributed by atoms with Crippen molar-refractivity contribution >= 4 is 5.91 Å². The van der Waals surface area contributed by atoms with E-state index in [1.54, 1.807) is 27.8 Å². The van der Waals surface area contributed by atoms with Crippen LogP contribution in [0.2, 0.25) is 0 Å². The standard InChI is InChI=1S/C19H22FN3O2/c1-12-11-13(24)9-10-22(12)19(25)18-14-5-4-8-16(14)23(21-18)17-7-3-2-6-15(17)20/h2-3,6-7,12-13,24H,4-5,8-11H2,1H3/t12-,13-/m0/s1. The predicted molar refractivity (Wildman–Crippen MR) is 91.3 cm³/mol. The van der Waals surface area contributed by atoms with E-state index in [9.17, 15) is 14.3 Å². The lowest BCUT2D eigenvalue weighted by Crippen LogP contribution is -2.46. The summed E-state index contributed by atoms with van der Waals surface area (Å²) in [6.45, 7) is 2.48. The molecule has 0 radical (unpaired) electrons. The number of aliphatic hydroxyl groups is 1. The van der Waals surface area contributed by atoms with Crippen LogP contribution in [0.25, 0.3) is 5.69 Å². The van der Waals surface area contributed by atoms with Crippen molar-refractivity contribution in [2.75, 3.05) is 6.54 Å². The Morgan fingerprint density at radius 3 is 2.88 bits per heavy atom. The lowest BCUT2D eigenvalue weighted by molar-refractivity contribution is 0.0359. The summed E-state index contributed by atoms with van der Waals surface area (Å²) in [5.41, 5.74) is 2.73. The van der Waals surface area contributed by atoms with E-state index in [4.69, 9.17) is 0 Å². The number of carbonyl (C=O) groups is 1. The zero-order valence-corrected chi connectivity index (χ0v) is 14.3. The van der Waals surface area contributed by atoms with Gasteiger partial charge in [0.2, 0.25) is 0 Å². The van der Waals surface area contributed by atoms with Gasteiger partial charge in [-0.15, -0.1) is 0 Å². The molecule has 2 aliphatic rings. The van der Waals surface area contributed by atoms with E-state index in [1.807, 2.05) is 6.92 Å². The highest BCUT2D eigenvalue weighted by Crippen LogP contribution is 2.30. The molecule has 0 bridgehead atoms. The van der Waals surface area contributed by atoms with E-state index in [2.05, 4.69) is 5.10 Å². The van der Waals surface area contributed by atoms with E-state index in [0.29, 0.717) is 30.8 Å². The van der Waals surface area contributed by atoms with Gasteiger partial charge in [0.1, 0.15) is 11.5 Å². The first kappa shape index (κ1) is 16.3. The highest BCUT2D eigenvalue weighted by atomic mass is 19.1. The number of hydrogen-bond acceptors (Lipinski definition) is 3. The van der Waals surface area contributed by atoms with Gasteiger partial charge in [-0.25, -0.2) is 9.07 Å². The number of nitrogens with zero attached hydrogens (tertiary/aromatic N) is 3. The van der Waals surface area contributed by atoms with Crippen LogP contribution in [0, 0.1) is 5.82 Å². The van der Waals surface area contributed by atoms with Gasteiger partial charge >= 0.3 is 0 Å². The maximum atomic E-state index is 14.2. The number of rotatable bonds is 2. The number of likely N-dealkylation sites (tertiary alicyclic amines) is 1. The molecule has 2 aromatic rings. The normalized spacial score (nSPS) is 22.9. The number of aromatic nitrogens is 2. The zero-order valence-electron chi connectivity index (χ0n) is 14.3. The van der Waals surface area contributed by atoms with Crippen molar-refractivity contribution in [3.63, 3.8) is 0 Å². The highest BCUT2D eigenvalue weighted by molar-refractivity contribution is 5.94. The van der Waals surface area contributed by atoms with Gasteiger partial charge in [0.15, 0.2) is 5.69 Å². The summed E-state index contributed by atoms with van der Waals surface area (Å²) >= 11 is 0. The molecule has 5 nitrogen and oxygen atoms in total. The minimum Gasteiger partial charge on any atom is -0.393 e. The third kappa shape index (κ3) is 2.74. The number of aliphatic hydroxyl groups excluding tert-OH is 1. The third-order valence-electron chi connectivity index (χ3n) is 5.32. The molecule has 6 heteroatoms. The summed E-state index contributed by atoms with van der Waals surface area (Å²) in [6, 6.07) is 6.50. The molecule has 1 aromatic heterocycles. The van der Waals surface area contributed by atoms with Crippen LogP contribution >= 0.6 is 0 Å². The maximum absolute atomic E-state index is 14.2. The Hall–Kier alpha value is -2.21. The summed E-state index contributed by atoms with van der Waals surface area (Å²) in [7, 11) is 0. The number of amides is 1. The smallest absolute Gasteiger partial charge is 0.274 e. The molecule has 25 heavy (non-hydrogen) atoms. The molecule has 1 N–H and O–H groups in total. The predicted octanol–water partition coefficient (Wildman–Crippen LogP) is 2.49. The molecule has 1 aliphatic heterocycles. The van der Waals surface area contributed by atoms with Gasteiger partial charge in [-0.1, -0.05) is 12.1 Å². The first-order valence-electron chi connectivity index (χ1n) is 8.91. The van der Waals surface area contributed by atoms with E-state index < -0.39 is 0 Å². The molecule has 0 spiro atoms. The Bertz CT molecular complexity index is 817. The third-order valence-corrected chi connectivity index (χ3v) is 5.32. The van der Waals surface area contributed by atoms with Crippen molar-refractivity contribution in [3.05, 3.63) is 47.0 Å². The summed E-state index contributed by atoms with van der Waals surface area (Å²) in [5.74, 6) is -0.444. The summed E-state index contributed by atoms with van der Waals surface area (Å²) in [6.07, 6.45) is 3.39. The molecule has 0 unspecified atom stereocenters. The second kappa shape index (κ2) is 6.26. The van der Waals surface area contributed by atoms with Crippen LogP contribution in [-0.2, 0) is 12.8 Å². The average Bonchev–Trinajstić information content (AvgIpc) is 3.17. The highest BCUT2D eigenvalue weighted by Gasteiger charge is 2.34. The largest absolute Gasteiger partial charge is 0.393 e. The van der Waals surface area contributed by atoms with Crippen molar-refractivity contribution in [2.24, 2.45) is 0 Å². The molecule has 0 saturated carbocycles. The molecule has 1 aromatic carbocycles. The Morgan fingerprint density at radius 2 is 2.12 bits per heavy atom. The van der Waals surface area contributed by atoms with Crippen molar-refractivity contribution in [2.45, 2.75) is 51.2 Å². The number of para-hydroxylation sites is 1. The molecule has 1 amide bonds. The topological polar surface area (TPSA) is 58.4 Å². The molecule has 132 valence electrons. The van der Waals surface area contributed by atoms with E-state index in [0.717, 1.165) is 30.5 Å². The van der Waals surface area contributed by atoms with Gasteiger partial charge in [-0.3, -0.25) is 4.79 Å². The lowest BCUT2D eigenvalue weighted by Gasteiger charge is -2.35. The number of halogens is 1. The van der Waals surface area contributed by atoms with Crippen LogP contribution in [0.15, 0.2) is 24.3 Å². The molecule has 1 fully saturated rings. The average molecular weight is 343 g/mol. The Morgan fingerprint density at radius 1 is 1.32 bits per heavy atom. The number of hydrogen-bond donors (Lipinski definition) is 1. The number of carbonyl (C=O) groups excluding carboxylic acids is 1. The fourth-order valence-corrected chi connectivity index (χ4v) is 4.02. The molecule has 2 atom stereocenters. The zero-order chi connectivity index (χ0) is 17.6. The van der Waals surface area contributed by atoms with E-state index >= 15 is 0 Å². The van der Waals surface area contributed by atoms with Gasteiger partial charge in [-0.2, -0.15) is 5.10 Å². The second-order valence-corrected chi connectivity index (χ2v) is 7.02. The van der Waals surface area contributed by atoms with Crippen LogP contribution in [-0.4, -0.2) is 44.4 Å². The van der Waals surface area contributed by atoms with E-state index in [1.165, 1.54) is 6.07 Å². The van der Waals surface area contributed by atoms with Gasteiger partial charge < -0.3 is 10.0 Å². The first-order valence-corrected chi connectivity index (χ1v) is 8.91.